The number of nitrogen functional groups attached to an aromatic ring is 4. The molecule has 12 aromatic heterocycles. The molecule has 0 amide bonds. The number of aryl methyl sites for hydroxylation is 2. The number of hydrogen-bond acceptors (Lipinski definition) is 23. The van der Waals surface area contributed by atoms with Crippen LogP contribution in [0.5, 0.6) is 0 Å². The van der Waals surface area contributed by atoms with Crippen LogP contribution in [0.25, 0.3) is 88.9 Å². The van der Waals surface area contributed by atoms with Crippen molar-refractivity contribution in [2.45, 2.75) is 160 Å². The lowest BCUT2D eigenvalue weighted by molar-refractivity contribution is -0.143. The van der Waals surface area contributed by atoms with Gasteiger partial charge in [-0.2, -0.15) is 38.5 Å². The Morgan fingerprint density at radius 2 is 0.714 bits per heavy atom. The molecule has 0 radical (unpaired) electrons. The number of carboxylic acids is 4. The molecule has 652 valence electrons. The monoisotopic (exact) mass is 1960 g/mol. The Hall–Kier alpha value is -11.4. The summed E-state index contributed by atoms with van der Waals surface area (Å²) in [7, 11) is 0. The lowest BCUT2D eigenvalue weighted by atomic mass is 9.80. The van der Waals surface area contributed by atoms with E-state index in [1.165, 1.54) is 24.8 Å². The van der Waals surface area contributed by atoms with Gasteiger partial charge in [-0.15, -0.1) is 0 Å². The van der Waals surface area contributed by atoms with Gasteiger partial charge in [0.25, 0.3) is 0 Å². The number of carbonyl (C=O) groups is 4. The third kappa shape index (κ3) is 17.7. The molecule has 14 aromatic rings. The number of anilines is 6. The minimum absolute atomic E-state index is 0.164. The zero-order valence-corrected chi connectivity index (χ0v) is 75.9. The summed E-state index contributed by atoms with van der Waals surface area (Å²) in [4.78, 5) is 88.2. The zero-order valence-electron chi connectivity index (χ0n) is 69.5. The number of hydrogen-bond donors (Lipinski definition) is 8. The molecule has 31 nitrogen and oxygen atoms in total. The maximum absolute atomic E-state index is 11.3. The number of rotatable bonds is 14. The van der Waals surface area contributed by atoms with Gasteiger partial charge in [0.2, 0.25) is 0 Å². The number of nitrogens with two attached hydrogens (primary N) is 4. The zero-order chi connectivity index (χ0) is 87.9. The fourth-order valence-electron chi connectivity index (χ4n) is 18.6. The van der Waals surface area contributed by atoms with Crippen LogP contribution in [0.15, 0.2) is 140 Å². The number of halogens is 4. The second-order valence-corrected chi connectivity index (χ2v) is 36.9. The van der Waals surface area contributed by atoms with Crippen molar-refractivity contribution < 1.29 is 44.3 Å². The first-order chi connectivity index (χ1) is 60.9. The Bertz CT molecular complexity index is 6280. The van der Waals surface area contributed by atoms with Crippen molar-refractivity contribution >= 4 is 167 Å². The van der Waals surface area contributed by atoms with Gasteiger partial charge in [0.15, 0.2) is 22.6 Å². The Labute approximate surface area is 758 Å². The van der Waals surface area contributed by atoms with E-state index in [2.05, 4.69) is 165 Å². The van der Waals surface area contributed by atoms with Crippen molar-refractivity contribution in [1.82, 2.24) is 78.3 Å². The largest absolute Gasteiger partial charge is 0.481 e. The first-order valence-corrected chi connectivity index (χ1v) is 46.0. The highest BCUT2D eigenvalue weighted by Crippen LogP contribution is 2.47. The topological polar surface area (TPSA) is 441 Å². The van der Waals surface area contributed by atoms with E-state index in [-0.39, 0.29) is 47.3 Å². The summed E-state index contributed by atoms with van der Waals surface area (Å²) in [6.45, 7) is 9.35. The van der Waals surface area contributed by atoms with Crippen LogP contribution in [0.4, 0.5) is 34.9 Å². The van der Waals surface area contributed by atoms with Gasteiger partial charge in [0.1, 0.15) is 34.9 Å². The van der Waals surface area contributed by atoms with E-state index in [0.717, 1.165) is 202 Å². The van der Waals surface area contributed by atoms with Crippen molar-refractivity contribution in [1.29, 1.82) is 0 Å². The van der Waals surface area contributed by atoms with Gasteiger partial charge in [0.05, 0.1) is 113 Å². The van der Waals surface area contributed by atoms with Gasteiger partial charge >= 0.3 is 23.9 Å². The van der Waals surface area contributed by atoms with E-state index in [9.17, 15) is 39.6 Å². The highest BCUT2D eigenvalue weighted by molar-refractivity contribution is 9.11. The average molecular weight is 1960 g/mol. The molecule has 4 saturated carbocycles. The molecule has 2 saturated heterocycles. The van der Waals surface area contributed by atoms with Crippen LogP contribution in [0.2, 0.25) is 0 Å². The van der Waals surface area contributed by atoms with Gasteiger partial charge in [-0.3, -0.25) is 29.1 Å². The maximum Gasteiger partial charge on any atom is 0.306 e. The van der Waals surface area contributed by atoms with Crippen LogP contribution in [0.1, 0.15) is 180 Å². The molecule has 14 heterocycles. The van der Waals surface area contributed by atoms with Crippen molar-refractivity contribution in [2.24, 2.45) is 23.7 Å². The summed E-state index contributed by atoms with van der Waals surface area (Å²) in [5, 5.41) is 57.2. The quantitative estimate of drug-likeness (QED) is 0.0501. The van der Waals surface area contributed by atoms with Crippen LogP contribution in [0, 0.1) is 37.5 Å². The number of aromatic nitrogens is 16. The minimum atomic E-state index is -0.712. The summed E-state index contributed by atoms with van der Waals surface area (Å²) in [5.41, 5.74) is 43.4. The van der Waals surface area contributed by atoms with Crippen molar-refractivity contribution in [2.75, 3.05) is 72.1 Å². The molecule has 12 N–H and O–H groups in total. The summed E-state index contributed by atoms with van der Waals surface area (Å²) < 4.78 is 15.0. The van der Waals surface area contributed by atoms with E-state index >= 15 is 0 Å². The number of benzene rings is 2. The van der Waals surface area contributed by atoms with Crippen LogP contribution >= 0.6 is 63.7 Å². The molecule has 0 unspecified atom stereocenters. The fraction of sp³-hybridized carbons (Fsp3) is 0.385. The Kier molecular flexibility index (Phi) is 25.6. The fourth-order valence-corrected chi connectivity index (χ4v) is 20.9. The van der Waals surface area contributed by atoms with Crippen molar-refractivity contribution in [3.63, 3.8) is 0 Å². The number of pyridine rings is 4. The first kappa shape index (κ1) is 86.7. The van der Waals surface area contributed by atoms with Gasteiger partial charge in [0, 0.05) is 130 Å². The number of nitrogens with zero attached hydrogens (tertiary/aromatic N) is 18. The van der Waals surface area contributed by atoms with Gasteiger partial charge in [-0.25, -0.2) is 29.9 Å². The molecule has 6 fully saturated rings. The molecule has 0 spiro atoms. The smallest absolute Gasteiger partial charge is 0.306 e. The minimum Gasteiger partial charge on any atom is -0.481 e. The molecule has 126 heavy (non-hydrogen) atoms. The van der Waals surface area contributed by atoms with Crippen LogP contribution < -0.4 is 32.7 Å². The van der Waals surface area contributed by atoms with Gasteiger partial charge < -0.3 is 57.9 Å². The average Bonchev–Trinajstić information content (AvgIpc) is 1.60. The molecule has 6 aliphatic rings. The van der Waals surface area contributed by atoms with Gasteiger partial charge in [-0.05, 0) is 260 Å². The molecule has 35 heteroatoms. The third-order valence-corrected chi connectivity index (χ3v) is 29.2. The standard InChI is InChI=1S/C23H27BrN6O2.2C23H22BrN5O2.C22H25BrN6O3/c24-19-20(14-4-6-15(7-5-14)23(31)32)28-22-17(13-27-30(22)21(19)25)16-8-9-18(26-12-16)29-10-2-1-3-11-29;1-12-2-7-18-15(8-12)9-16(10-26-18)17-11-27-29-21(25)19(24)20(28-22(17)29)13-3-5-14(6-4-13)23(30)31;1-12-3-2-4-18-16(12)9-15(10-26-18)17-11-27-29-21(25)19(24)20(28-22(17)29)13-5-7-14(8-6-13)23(30)31;23-18-19(13-1-3-14(4-2-13)22(30)31)27-21-16(12-26-29(21)20(18)24)15-5-6-17(25-11-15)28-7-9-32-10-8-28/h8-9,12-15H,1-7,10-11,25H2,(H,31,32);2,7-11,13-14H,3-6,25H2,1H3,(H,30,31);2-4,9-11,13-14H,5-8,25H2,1H3,(H,30,31);5-6,11-14H,1-4,7-10,24H2,(H,30,31). The van der Waals surface area contributed by atoms with Crippen LogP contribution in [-0.2, 0) is 23.9 Å². The first-order valence-electron chi connectivity index (χ1n) is 42.9. The molecule has 0 atom stereocenters. The highest BCUT2D eigenvalue weighted by Gasteiger charge is 2.36. The van der Waals surface area contributed by atoms with Gasteiger partial charge in [-0.1, -0.05) is 23.8 Å². The lowest BCUT2D eigenvalue weighted by Gasteiger charge is -2.27. The lowest BCUT2D eigenvalue weighted by Crippen LogP contribution is -2.36. The molecular weight excluding hydrogens is 1860 g/mol. The number of carboxylic acid groups (broad SMARTS) is 4. The van der Waals surface area contributed by atoms with Crippen LogP contribution in [0.3, 0.4) is 0 Å². The summed E-state index contributed by atoms with van der Waals surface area (Å²) in [6, 6.07) is 24.7. The molecular formula is C91H96Br4N22O9. The maximum atomic E-state index is 11.3. The molecule has 20 rings (SSSR count). The van der Waals surface area contributed by atoms with E-state index in [1.54, 1.807) is 42.8 Å². The molecule has 4 aliphatic carbocycles. The SMILES string of the molecule is Cc1ccc2ncc(-c3cnn4c(N)c(Br)c(C5CCC(C(=O)O)CC5)nc34)cc2c1.Cc1cccc2ncc(-c3cnn4c(N)c(Br)c(C5CCC(C(=O)O)CC5)nc34)cc12.Nc1c(Br)c(C2CCC(C(=O)O)CC2)nc2c(-c3ccc(N4CCCCC4)nc3)cnn12.Nc1c(Br)c(C2CCC(C(=O)O)CC2)nc2c(-c3ccc(N4CCOCC4)nc3)cnn12. The second-order valence-electron chi connectivity index (χ2n) is 33.7. The highest BCUT2D eigenvalue weighted by atomic mass is 79.9. The van der Waals surface area contributed by atoms with Crippen molar-refractivity contribution in [3.05, 3.63) is 174 Å². The molecule has 2 aromatic carbocycles. The predicted molar refractivity (Wildman–Crippen MR) is 496 cm³/mol. The summed E-state index contributed by atoms with van der Waals surface area (Å²) in [6.07, 6.45) is 29.7. The second kappa shape index (κ2) is 37.3. The summed E-state index contributed by atoms with van der Waals surface area (Å²) >= 11 is 14.4. The normalized spacial score (nSPS) is 20.5. The number of ether oxygens (including phenoxy) is 1. The van der Waals surface area contributed by atoms with E-state index in [1.807, 2.05) is 55.1 Å². The van der Waals surface area contributed by atoms with E-state index < -0.39 is 23.9 Å². The van der Waals surface area contributed by atoms with E-state index in [4.69, 9.17) is 52.6 Å². The Morgan fingerprint density at radius 3 is 1.07 bits per heavy atom. The van der Waals surface area contributed by atoms with Crippen LogP contribution in [-0.4, -0.2) is 162 Å². The Morgan fingerprint density at radius 1 is 0.373 bits per heavy atom. The number of piperidine rings is 1. The number of morpholine rings is 1. The third-order valence-electron chi connectivity index (χ3n) is 26.0. The van der Waals surface area contributed by atoms with Crippen molar-refractivity contribution in [3.8, 4) is 44.5 Å². The molecule has 0 bridgehead atoms. The summed E-state index contributed by atoms with van der Waals surface area (Å²) in [5.74, 6) is 0.695. The predicted octanol–water partition coefficient (Wildman–Crippen LogP) is 17.7. The Balaban J connectivity index is 0.000000119. The molecule has 2 aliphatic heterocycles. The number of fused-ring (bicyclic) bond motifs is 6. The number of aliphatic carboxylic acids is 4. The van der Waals surface area contributed by atoms with E-state index in [0.29, 0.717) is 110 Å².